The number of H-pyrrole nitrogens is 1. The molecular weight excluding hydrogens is 382 g/mol. The Bertz CT molecular complexity index is 1170. The molecule has 1 fully saturated rings. The third-order valence-electron chi connectivity index (χ3n) is 5.69. The van der Waals surface area contributed by atoms with Crippen molar-refractivity contribution < 1.29 is 0 Å². The molecule has 3 nitrogen and oxygen atoms in total. The molecule has 0 atom stereocenters. The maximum atomic E-state index is 5.26. The summed E-state index contributed by atoms with van der Waals surface area (Å²) in [5.74, 6) is 0. The first kappa shape index (κ1) is 17.9. The number of fused-ring (bicyclic) bond motifs is 2. The van der Waals surface area contributed by atoms with E-state index in [9.17, 15) is 0 Å². The number of nitrogens with one attached hydrogen (secondary N) is 1. The van der Waals surface area contributed by atoms with Gasteiger partial charge in [0.1, 0.15) is 4.64 Å². The quantitative estimate of drug-likeness (QED) is 0.455. The number of benzene rings is 2. The summed E-state index contributed by atoms with van der Waals surface area (Å²) in [5.41, 5.74) is 3.90. The normalized spacial score (nSPS) is 15.5. The Kier molecular flexibility index (Phi) is 4.89. The molecule has 1 aliphatic heterocycles. The fourth-order valence-electron chi connectivity index (χ4n) is 4.11. The Labute approximate surface area is 174 Å². The number of nitrogens with zero attached hydrogens (tertiary/aromatic N) is 2. The minimum atomic E-state index is 0.793. The van der Waals surface area contributed by atoms with Crippen LogP contribution in [0, 0.1) is 4.64 Å². The summed E-state index contributed by atoms with van der Waals surface area (Å²) in [5, 5.41) is 4.81. The van der Waals surface area contributed by atoms with Gasteiger partial charge >= 0.3 is 0 Å². The molecule has 28 heavy (non-hydrogen) atoms. The molecule has 1 saturated heterocycles. The van der Waals surface area contributed by atoms with Gasteiger partial charge in [0.05, 0.1) is 0 Å². The average molecular weight is 406 g/mol. The van der Waals surface area contributed by atoms with Gasteiger partial charge in [-0.2, -0.15) is 0 Å². The van der Waals surface area contributed by atoms with E-state index in [0.29, 0.717) is 0 Å². The third kappa shape index (κ3) is 3.58. The van der Waals surface area contributed by atoms with Crippen LogP contribution in [0.1, 0.15) is 5.56 Å². The number of thiophene rings is 1. The number of rotatable bonds is 4. The molecule has 0 spiro atoms. The molecule has 0 saturated carbocycles. The molecule has 3 heterocycles. The SMILES string of the molecule is S=c1ccc2ccc(CCN3CCN(c4cccc5sccc45)CC3)cc2[nH]1. The third-order valence-corrected chi connectivity index (χ3v) is 6.81. The highest BCUT2D eigenvalue weighted by molar-refractivity contribution is 7.71. The minimum Gasteiger partial charge on any atom is -0.368 e. The Morgan fingerprint density at radius 2 is 1.82 bits per heavy atom. The number of anilines is 1. The Hall–Kier alpha value is -2.21. The van der Waals surface area contributed by atoms with Crippen molar-refractivity contribution >= 4 is 50.2 Å². The fraction of sp³-hybridized carbons (Fsp3) is 0.261. The molecule has 5 heteroatoms. The molecule has 0 radical (unpaired) electrons. The lowest BCUT2D eigenvalue weighted by Crippen LogP contribution is -2.47. The molecule has 0 bridgehead atoms. The van der Waals surface area contributed by atoms with Gasteiger partial charge in [-0.25, -0.2) is 0 Å². The van der Waals surface area contributed by atoms with Crippen molar-refractivity contribution in [1.29, 1.82) is 0 Å². The van der Waals surface area contributed by atoms with Crippen molar-refractivity contribution in [3.63, 3.8) is 0 Å². The molecule has 0 unspecified atom stereocenters. The second kappa shape index (κ2) is 7.66. The lowest BCUT2D eigenvalue weighted by atomic mass is 10.1. The van der Waals surface area contributed by atoms with Crippen molar-refractivity contribution in [3.8, 4) is 0 Å². The smallest absolute Gasteiger partial charge is 0.103 e. The van der Waals surface area contributed by atoms with Crippen LogP contribution in [-0.4, -0.2) is 42.6 Å². The Balaban J connectivity index is 1.22. The summed E-state index contributed by atoms with van der Waals surface area (Å²) in [4.78, 5) is 8.43. The predicted molar refractivity (Wildman–Crippen MR) is 123 cm³/mol. The number of hydrogen-bond donors (Lipinski definition) is 1. The predicted octanol–water partition coefficient (Wildman–Crippen LogP) is 5.48. The summed E-state index contributed by atoms with van der Waals surface area (Å²) in [6.07, 6.45) is 1.07. The van der Waals surface area contributed by atoms with Crippen LogP contribution in [-0.2, 0) is 6.42 Å². The van der Waals surface area contributed by atoms with Gasteiger partial charge in [0.2, 0.25) is 0 Å². The van der Waals surface area contributed by atoms with Crippen LogP contribution in [0.4, 0.5) is 5.69 Å². The molecule has 0 aliphatic carbocycles. The average Bonchev–Trinajstić information content (AvgIpc) is 3.21. The summed E-state index contributed by atoms with van der Waals surface area (Å²) < 4.78 is 2.18. The zero-order valence-corrected chi connectivity index (χ0v) is 17.4. The van der Waals surface area contributed by atoms with Gasteiger partial charge in [0, 0.05) is 54.0 Å². The van der Waals surface area contributed by atoms with E-state index < -0.39 is 0 Å². The standard InChI is InChI=1S/C23H23N3S2/c27-23-7-6-18-5-4-17(16-20(18)24-23)8-10-25-11-13-26(14-12-25)21-2-1-3-22-19(21)9-15-28-22/h1-7,9,15-16H,8,10-14H2,(H,24,27). The van der Waals surface area contributed by atoms with E-state index in [1.807, 2.05) is 17.4 Å². The molecule has 1 N–H and O–H groups in total. The van der Waals surface area contributed by atoms with E-state index in [2.05, 4.69) is 68.7 Å². The number of aromatic amines is 1. The van der Waals surface area contributed by atoms with Gasteiger partial charge in [-0.1, -0.05) is 30.4 Å². The van der Waals surface area contributed by atoms with Crippen molar-refractivity contribution in [2.45, 2.75) is 6.42 Å². The van der Waals surface area contributed by atoms with Gasteiger partial charge in [0.15, 0.2) is 0 Å². The summed E-state index contributed by atoms with van der Waals surface area (Å²) in [6.45, 7) is 5.54. The van der Waals surface area contributed by atoms with Crippen LogP contribution in [0.3, 0.4) is 0 Å². The molecule has 4 aromatic rings. The van der Waals surface area contributed by atoms with Crippen LogP contribution < -0.4 is 4.90 Å². The molecular formula is C23H23N3S2. The van der Waals surface area contributed by atoms with Crippen LogP contribution >= 0.6 is 23.6 Å². The number of piperazine rings is 1. The van der Waals surface area contributed by atoms with E-state index in [4.69, 9.17) is 12.2 Å². The minimum absolute atomic E-state index is 0.793. The van der Waals surface area contributed by atoms with E-state index >= 15 is 0 Å². The van der Waals surface area contributed by atoms with Gasteiger partial charge < -0.3 is 9.88 Å². The van der Waals surface area contributed by atoms with Crippen LogP contribution in [0.2, 0.25) is 0 Å². The van der Waals surface area contributed by atoms with E-state index in [0.717, 1.165) is 49.3 Å². The van der Waals surface area contributed by atoms with Crippen LogP contribution in [0.5, 0.6) is 0 Å². The van der Waals surface area contributed by atoms with Crippen molar-refractivity contribution in [2.24, 2.45) is 0 Å². The fourth-order valence-corrected chi connectivity index (χ4v) is 5.09. The zero-order valence-electron chi connectivity index (χ0n) is 15.7. The topological polar surface area (TPSA) is 22.3 Å². The highest BCUT2D eigenvalue weighted by Crippen LogP contribution is 2.31. The first-order chi connectivity index (χ1) is 13.8. The largest absolute Gasteiger partial charge is 0.368 e. The molecule has 2 aromatic carbocycles. The highest BCUT2D eigenvalue weighted by atomic mass is 32.1. The lowest BCUT2D eigenvalue weighted by Gasteiger charge is -2.36. The zero-order chi connectivity index (χ0) is 18.9. The monoisotopic (exact) mass is 405 g/mol. The Morgan fingerprint density at radius 3 is 2.71 bits per heavy atom. The van der Waals surface area contributed by atoms with Crippen LogP contribution in [0.15, 0.2) is 60.0 Å². The molecule has 0 amide bonds. The number of aromatic nitrogens is 1. The first-order valence-corrected chi connectivity index (χ1v) is 11.1. The molecule has 142 valence electrons. The van der Waals surface area contributed by atoms with E-state index in [-0.39, 0.29) is 0 Å². The maximum Gasteiger partial charge on any atom is 0.103 e. The van der Waals surface area contributed by atoms with Crippen molar-refractivity contribution in [2.75, 3.05) is 37.6 Å². The summed E-state index contributed by atoms with van der Waals surface area (Å²) >= 11 is 7.08. The Morgan fingerprint density at radius 1 is 0.964 bits per heavy atom. The van der Waals surface area contributed by atoms with E-state index in [1.54, 1.807) is 0 Å². The number of pyridine rings is 1. The second-order valence-corrected chi connectivity index (χ2v) is 8.82. The van der Waals surface area contributed by atoms with Crippen molar-refractivity contribution in [3.05, 3.63) is 70.2 Å². The van der Waals surface area contributed by atoms with Gasteiger partial charge in [0.25, 0.3) is 0 Å². The summed E-state index contributed by atoms with van der Waals surface area (Å²) in [6, 6.07) is 19.6. The lowest BCUT2D eigenvalue weighted by molar-refractivity contribution is 0.261. The highest BCUT2D eigenvalue weighted by Gasteiger charge is 2.18. The maximum absolute atomic E-state index is 5.26. The van der Waals surface area contributed by atoms with Gasteiger partial charge in [-0.3, -0.25) is 4.90 Å². The van der Waals surface area contributed by atoms with Crippen LogP contribution in [0.25, 0.3) is 21.0 Å². The van der Waals surface area contributed by atoms with Gasteiger partial charge in [-0.15, -0.1) is 11.3 Å². The summed E-state index contributed by atoms with van der Waals surface area (Å²) in [7, 11) is 0. The first-order valence-electron chi connectivity index (χ1n) is 9.82. The van der Waals surface area contributed by atoms with Crippen molar-refractivity contribution in [1.82, 2.24) is 9.88 Å². The molecule has 2 aromatic heterocycles. The molecule has 5 rings (SSSR count). The van der Waals surface area contributed by atoms with E-state index in [1.165, 1.54) is 26.7 Å². The molecule has 1 aliphatic rings. The second-order valence-electron chi connectivity index (χ2n) is 7.43. The number of hydrogen-bond acceptors (Lipinski definition) is 4. The van der Waals surface area contributed by atoms with Gasteiger partial charge in [-0.05, 0) is 59.1 Å².